The van der Waals surface area contributed by atoms with Crippen molar-refractivity contribution in [1.29, 1.82) is 0 Å². The number of hydrogen-bond acceptors (Lipinski definition) is 3. The normalized spacial score (nSPS) is 12.3. The monoisotopic (exact) mass is 270 g/mol. The Morgan fingerprint density at radius 3 is 2.89 bits per heavy atom. The van der Waals surface area contributed by atoms with Crippen LogP contribution in [0.25, 0.3) is 0 Å². The van der Waals surface area contributed by atoms with Crippen LogP contribution in [0, 0.1) is 0 Å². The second kappa shape index (κ2) is 6.44. The SMILES string of the molecule is CC(C)(C)NC(N)=NCCOc1ncccc1Cl. The number of aliphatic imine (C=N–C) groups is 1. The number of halogens is 1. The van der Waals surface area contributed by atoms with Gasteiger partial charge in [-0.1, -0.05) is 11.6 Å². The summed E-state index contributed by atoms with van der Waals surface area (Å²) in [6.45, 7) is 6.86. The fourth-order valence-electron chi connectivity index (χ4n) is 1.21. The van der Waals surface area contributed by atoms with Crippen molar-refractivity contribution in [3.8, 4) is 5.88 Å². The molecule has 0 amide bonds. The number of ether oxygens (including phenoxy) is 1. The molecule has 0 saturated heterocycles. The van der Waals surface area contributed by atoms with E-state index in [0.29, 0.717) is 30.0 Å². The summed E-state index contributed by atoms with van der Waals surface area (Å²) < 4.78 is 5.38. The topological polar surface area (TPSA) is 72.5 Å². The van der Waals surface area contributed by atoms with Crippen LogP contribution in [0.4, 0.5) is 0 Å². The molecule has 0 aliphatic carbocycles. The maximum atomic E-state index is 5.89. The van der Waals surface area contributed by atoms with Crippen molar-refractivity contribution < 1.29 is 4.74 Å². The highest BCUT2D eigenvalue weighted by Crippen LogP contribution is 2.19. The maximum absolute atomic E-state index is 5.89. The van der Waals surface area contributed by atoms with Crippen LogP contribution in [0.3, 0.4) is 0 Å². The Hall–Kier alpha value is -1.49. The summed E-state index contributed by atoms with van der Waals surface area (Å²) in [5.74, 6) is 0.815. The molecule has 0 unspecified atom stereocenters. The van der Waals surface area contributed by atoms with E-state index in [1.54, 1.807) is 18.3 Å². The fraction of sp³-hybridized carbons (Fsp3) is 0.500. The number of nitrogens with zero attached hydrogens (tertiary/aromatic N) is 2. The highest BCUT2D eigenvalue weighted by atomic mass is 35.5. The van der Waals surface area contributed by atoms with Gasteiger partial charge in [-0.2, -0.15) is 0 Å². The molecule has 1 aromatic rings. The number of pyridine rings is 1. The number of rotatable bonds is 4. The minimum Gasteiger partial charge on any atom is -0.475 e. The molecule has 0 saturated carbocycles. The van der Waals surface area contributed by atoms with Crippen LogP contribution in [0.2, 0.25) is 5.02 Å². The summed E-state index contributed by atoms with van der Waals surface area (Å²) in [5.41, 5.74) is 5.61. The van der Waals surface area contributed by atoms with Crippen molar-refractivity contribution in [3.63, 3.8) is 0 Å². The first-order valence-corrected chi connectivity index (χ1v) is 6.08. The summed E-state index contributed by atoms with van der Waals surface area (Å²) in [5, 5.41) is 3.55. The third kappa shape index (κ3) is 5.72. The van der Waals surface area contributed by atoms with Gasteiger partial charge in [0.15, 0.2) is 5.96 Å². The van der Waals surface area contributed by atoms with Crippen LogP contribution in [-0.2, 0) is 0 Å². The summed E-state index contributed by atoms with van der Waals surface area (Å²) in [7, 11) is 0. The standard InChI is InChI=1S/C12H19ClN4O/c1-12(2,3)17-11(14)16-7-8-18-10-9(13)5-4-6-15-10/h4-6H,7-8H2,1-3H3,(H3,14,16,17). The molecular weight excluding hydrogens is 252 g/mol. The zero-order valence-electron chi connectivity index (χ0n) is 10.9. The number of nitrogens with two attached hydrogens (primary N) is 1. The number of aromatic nitrogens is 1. The Kier molecular flexibility index (Phi) is 5.22. The van der Waals surface area contributed by atoms with Crippen LogP contribution >= 0.6 is 11.6 Å². The van der Waals surface area contributed by atoms with E-state index in [2.05, 4.69) is 15.3 Å². The van der Waals surface area contributed by atoms with E-state index in [-0.39, 0.29) is 5.54 Å². The van der Waals surface area contributed by atoms with Crippen LogP contribution in [0.15, 0.2) is 23.3 Å². The lowest BCUT2D eigenvalue weighted by atomic mass is 10.1. The maximum Gasteiger partial charge on any atom is 0.232 e. The van der Waals surface area contributed by atoms with E-state index >= 15 is 0 Å². The molecule has 5 nitrogen and oxygen atoms in total. The van der Waals surface area contributed by atoms with Gasteiger partial charge in [-0.3, -0.25) is 0 Å². The van der Waals surface area contributed by atoms with Gasteiger partial charge in [0, 0.05) is 11.7 Å². The molecule has 1 rings (SSSR count). The van der Waals surface area contributed by atoms with Gasteiger partial charge in [0.1, 0.15) is 11.6 Å². The molecule has 6 heteroatoms. The largest absolute Gasteiger partial charge is 0.475 e. The van der Waals surface area contributed by atoms with Crippen LogP contribution in [0.1, 0.15) is 20.8 Å². The molecule has 100 valence electrons. The van der Waals surface area contributed by atoms with Gasteiger partial charge in [-0.15, -0.1) is 0 Å². The van der Waals surface area contributed by atoms with Crippen LogP contribution in [-0.4, -0.2) is 29.6 Å². The van der Waals surface area contributed by atoms with Gasteiger partial charge in [-0.25, -0.2) is 9.98 Å². The molecule has 3 N–H and O–H groups in total. The third-order valence-corrected chi connectivity index (χ3v) is 2.13. The predicted octanol–water partition coefficient (Wildman–Crippen LogP) is 1.82. The van der Waals surface area contributed by atoms with Gasteiger partial charge in [0.25, 0.3) is 0 Å². The average molecular weight is 271 g/mol. The smallest absolute Gasteiger partial charge is 0.232 e. The van der Waals surface area contributed by atoms with Crippen molar-refractivity contribution >= 4 is 17.6 Å². The van der Waals surface area contributed by atoms with Gasteiger partial charge in [0.05, 0.1) is 6.54 Å². The molecule has 0 aliphatic heterocycles. The lowest BCUT2D eigenvalue weighted by Crippen LogP contribution is -2.45. The molecule has 0 spiro atoms. The molecule has 0 atom stereocenters. The van der Waals surface area contributed by atoms with Gasteiger partial charge < -0.3 is 15.8 Å². The Morgan fingerprint density at radius 2 is 2.28 bits per heavy atom. The Balaban J connectivity index is 2.35. The summed E-state index contributed by atoms with van der Waals surface area (Å²) in [6, 6.07) is 3.47. The van der Waals surface area contributed by atoms with E-state index < -0.39 is 0 Å². The van der Waals surface area contributed by atoms with E-state index in [0.717, 1.165) is 0 Å². The Labute approximate surface area is 112 Å². The molecule has 0 aliphatic rings. The van der Waals surface area contributed by atoms with Crippen molar-refractivity contribution in [3.05, 3.63) is 23.4 Å². The van der Waals surface area contributed by atoms with E-state index in [9.17, 15) is 0 Å². The third-order valence-electron chi connectivity index (χ3n) is 1.84. The average Bonchev–Trinajstić information content (AvgIpc) is 2.24. The summed E-state index contributed by atoms with van der Waals surface area (Å²) >= 11 is 5.89. The Bertz CT molecular complexity index is 415. The molecule has 0 radical (unpaired) electrons. The number of guanidine groups is 1. The minimum absolute atomic E-state index is 0.0985. The zero-order valence-corrected chi connectivity index (χ0v) is 11.7. The fourth-order valence-corrected chi connectivity index (χ4v) is 1.39. The summed E-state index contributed by atoms with van der Waals surface area (Å²) in [6.07, 6.45) is 1.63. The van der Waals surface area contributed by atoms with E-state index in [4.69, 9.17) is 22.1 Å². The van der Waals surface area contributed by atoms with Gasteiger partial charge in [-0.05, 0) is 32.9 Å². The molecule has 0 fully saturated rings. The molecule has 18 heavy (non-hydrogen) atoms. The van der Waals surface area contributed by atoms with Crippen molar-refractivity contribution in [2.24, 2.45) is 10.7 Å². The number of hydrogen-bond donors (Lipinski definition) is 2. The van der Waals surface area contributed by atoms with E-state index in [1.165, 1.54) is 0 Å². The lowest BCUT2D eigenvalue weighted by molar-refractivity contribution is 0.316. The first-order valence-electron chi connectivity index (χ1n) is 5.70. The zero-order chi connectivity index (χ0) is 13.6. The van der Waals surface area contributed by atoms with E-state index in [1.807, 2.05) is 20.8 Å². The van der Waals surface area contributed by atoms with Crippen molar-refractivity contribution in [2.45, 2.75) is 26.3 Å². The van der Waals surface area contributed by atoms with Crippen molar-refractivity contribution in [1.82, 2.24) is 10.3 Å². The van der Waals surface area contributed by atoms with Gasteiger partial charge >= 0.3 is 0 Å². The van der Waals surface area contributed by atoms with Crippen molar-refractivity contribution in [2.75, 3.05) is 13.2 Å². The molecular formula is C12H19ClN4O. The number of nitrogens with one attached hydrogen (secondary N) is 1. The van der Waals surface area contributed by atoms with Gasteiger partial charge in [0.2, 0.25) is 5.88 Å². The molecule has 0 bridgehead atoms. The minimum atomic E-state index is -0.0985. The first kappa shape index (κ1) is 14.6. The van der Waals surface area contributed by atoms with Crippen LogP contribution < -0.4 is 15.8 Å². The highest BCUT2D eigenvalue weighted by Gasteiger charge is 2.09. The molecule has 1 heterocycles. The summed E-state index contributed by atoms with van der Waals surface area (Å²) in [4.78, 5) is 8.15. The first-order chi connectivity index (χ1) is 8.38. The quantitative estimate of drug-likeness (QED) is 0.497. The molecule has 1 aromatic heterocycles. The second-order valence-electron chi connectivity index (χ2n) is 4.78. The second-order valence-corrected chi connectivity index (χ2v) is 5.19. The predicted molar refractivity (Wildman–Crippen MR) is 74.1 cm³/mol. The molecule has 0 aromatic carbocycles. The Morgan fingerprint density at radius 1 is 1.56 bits per heavy atom. The lowest BCUT2D eigenvalue weighted by Gasteiger charge is -2.20. The van der Waals surface area contributed by atoms with Crippen LogP contribution in [0.5, 0.6) is 5.88 Å². The highest BCUT2D eigenvalue weighted by molar-refractivity contribution is 6.31.